The Hall–Kier alpha value is -1.59. The molecule has 1 heterocycles. The predicted molar refractivity (Wildman–Crippen MR) is 78.5 cm³/mol. The fourth-order valence-electron chi connectivity index (χ4n) is 2.15. The van der Waals surface area contributed by atoms with Crippen LogP contribution in [0.2, 0.25) is 0 Å². The molecule has 5 nitrogen and oxygen atoms in total. The molecular weight excluding hydrogens is 256 g/mol. The Morgan fingerprint density at radius 3 is 2.85 bits per heavy atom. The van der Waals surface area contributed by atoms with Gasteiger partial charge in [0.1, 0.15) is 0 Å². The van der Waals surface area contributed by atoms with Crippen LogP contribution in [0.5, 0.6) is 0 Å². The van der Waals surface area contributed by atoms with Crippen molar-refractivity contribution in [3.05, 3.63) is 24.3 Å². The van der Waals surface area contributed by atoms with Crippen LogP contribution in [-0.2, 0) is 14.3 Å². The number of rotatable bonds is 6. The summed E-state index contributed by atoms with van der Waals surface area (Å²) in [6, 6.07) is 7.25. The number of nitrogens with two attached hydrogens (primary N) is 1. The smallest absolute Gasteiger partial charge is 0.224 e. The number of amides is 1. The van der Waals surface area contributed by atoms with Crippen LogP contribution in [0.1, 0.15) is 25.7 Å². The number of nitrogen functional groups attached to an aromatic ring is 1. The van der Waals surface area contributed by atoms with Gasteiger partial charge < -0.3 is 20.5 Å². The Morgan fingerprint density at radius 1 is 1.35 bits per heavy atom. The standard InChI is InChI=1S/C15H22N2O3/c16-13-4-1-2-5-14(13)17-15(18)6-3-9-20-12-7-10-19-11-8-12/h1-2,4-5,12H,3,6-11,16H2,(H,17,18). The van der Waals surface area contributed by atoms with Gasteiger partial charge in [-0.05, 0) is 31.4 Å². The molecule has 0 bridgehead atoms. The highest BCUT2D eigenvalue weighted by molar-refractivity contribution is 5.93. The van der Waals surface area contributed by atoms with Gasteiger partial charge >= 0.3 is 0 Å². The molecule has 1 aromatic carbocycles. The van der Waals surface area contributed by atoms with E-state index in [-0.39, 0.29) is 12.0 Å². The highest BCUT2D eigenvalue weighted by Crippen LogP contribution is 2.17. The summed E-state index contributed by atoms with van der Waals surface area (Å²) >= 11 is 0. The molecule has 1 fully saturated rings. The van der Waals surface area contributed by atoms with Crippen molar-refractivity contribution < 1.29 is 14.3 Å². The van der Waals surface area contributed by atoms with E-state index < -0.39 is 0 Å². The second kappa shape index (κ2) is 7.87. The molecule has 0 spiro atoms. The Bertz CT molecular complexity index is 431. The zero-order chi connectivity index (χ0) is 14.2. The van der Waals surface area contributed by atoms with Crippen LogP contribution in [0, 0.1) is 0 Å². The van der Waals surface area contributed by atoms with Crippen LogP contribution >= 0.6 is 0 Å². The summed E-state index contributed by atoms with van der Waals surface area (Å²) < 4.78 is 11.0. The zero-order valence-corrected chi connectivity index (χ0v) is 11.6. The Balaban J connectivity index is 1.61. The molecule has 1 aliphatic heterocycles. The van der Waals surface area contributed by atoms with Gasteiger partial charge in [-0.25, -0.2) is 0 Å². The molecule has 0 aromatic heterocycles. The van der Waals surface area contributed by atoms with Crippen LogP contribution in [0.4, 0.5) is 11.4 Å². The summed E-state index contributed by atoms with van der Waals surface area (Å²) in [7, 11) is 0. The van der Waals surface area contributed by atoms with Crippen LogP contribution in [0.15, 0.2) is 24.3 Å². The van der Waals surface area contributed by atoms with E-state index >= 15 is 0 Å². The summed E-state index contributed by atoms with van der Waals surface area (Å²) in [5.74, 6) is -0.0292. The van der Waals surface area contributed by atoms with E-state index in [1.54, 1.807) is 12.1 Å². The molecule has 20 heavy (non-hydrogen) atoms. The topological polar surface area (TPSA) is 73.6 Å². The quantitative estimate of drug-likeness (QED) is 0.618. The van der Waals surface area contributed by atoms with Crippen LogP contribution in [-0.4, -0.2) is 31.8 Å². The molecule has 1 aliphatic rings. The highest BCUT2D eigenvalue weighted by atomic mass is 16.5. The number of para-hydroxylation sites is 2. The number of carbonyl (C=O) groups excluding carboxylic acids is 1. The minimum atomic E-state index is -0.0292. The molecule has 110 valence electrons. The minimum absolute atomic E-state index is 0.0292. The summed E-state index contributed by atoms with van der Waals surface area (Å²) in [4.78, 5) is 11.8. The lowest BCUT2D eigenvalue weighted by Gasteiger charge is -2.22. The van der Waals surface area contributed by atoms with Gasteiger partial charge in [-0.2, -0.15) is 0 Å². The number of anilines is 2. The molecule has 1 aromatic rings. The van der Waals surface area contributed by atoms with E-state index in [4.69, 9.17) is 15.2 Å². The molecule has 1 saturated heterocycles. The molecule has 1 amide bonds. The average molecular weight is 278 g/mol. The summed E-state index contributed by atoms with van der Waals surface area (Å²) in [6.45, 7) is 2.17. The average Bonchev–Trinajstić information content (AvgIpc) is 2.47. The van der Waals surface area contributed by atoms with Crippen molar-refractivity contribution in [1.29, 1.82) is 0 Å². The van der Waals surface area contributed by atoms with Crippen molar-refractivity contribution in [2.75, 3.05) is 30.9 Å². The second-order valence-electron chi connectivity index (χ2n) is 4.92. The van der Waals surface area contributed by atoms with Gasteiger partial charge in [-0.15, -0.1) is 0 Å². The fourth-order valence-corrected chi connectivity index (χ4v) is 2.15. The van der Waals surface area contributed by atoms with Crippen molar-refractivity contribution >= 4 is 17.3 Å². The second-order valence-corrected chi connectivity index (χ2v) is 4.92. The molecule has 3 N–H and O–H groups in total. The van der Waals surface area contributed by atoms with Gasteiger partial charge in [0.2, 0.25) is 5.91 Å². The van der Waals surface area contributed by atoms with Crippen LogP contribution in [0.3, 0.4) is 0 Å². The van der Waals surface area contributed by atoms with E-state index in [0.29, 0.717) is 24.4 Å². The van der Waals surface area contributed by atoms with Gasteiger partial charge in [0, 0.05) is 26.2 Å². The molecule has 0 unspecified atom stereocenters. The van der Waals surface area contributed by atoms with Crippen LogP contribution < -0.4 is 11.1 Å². The predicted octanol–water partition coefficient (Wildman–Crippen LogP) is 2.18. The maximum Gasteiger partial charge on any atom is 0.224 e. The first-order chi connectivity index (χ1) is 9.75. The first-order valence-electron chi connectivity index (χ1n) is 7.09. The first kappa shape index (κ1) is 14.8. The third kappa shape index (κ3) is 4.83. The monoisotopic (exact) mass is 278 g/mol. The van der Waals surface area contributed by atoms with E-state index in [9.17, 15) is 4.79 Å². The van der Waals surface area contributed by atoms with Gasteiger partial charge in [0.25, 0.3) is 0 Å². The maximum absolute atomic E-state index is 11.8. The lowest BCUT2D eigenvalue weighted by atomic mass is 10.1. The molecule has 0 saturated carbocycles. The van der Waals surface area contributed by atoms with Gasteiger partial charge in [-0.1, -0.05) is 12.1 Å². The van der Waals surface area contributed by atoms with E-state index in [1.807, 2.05) is 12.1 Å². The minimum Gasteiger partial charge on any atom is -0.397 e. The van der Waals surface area contributed by atoms with E-state index in [0.717, 1.165) is 32.5 Å². The lowest BCUT2D eigenvalue weighted by Crippen LogP contribution is -2.24. The van der Waals surface area contributed by atoms with Crippen molar-refractivity contribution in [3.8, 4) is 0 Å². The summed E-state index contributed by atoms with van der Waals surface area (Å²) in [5.41, 5.74) is 7.02. The number of nitrogens with one attached hydrogen (secondary N) is 1. The molecule has 0 atom stereocenters. The SMILES string of the molecule is Nc1ccccc1NC(=O)CCCOC1CCOCC1. The largest absolute Gasteiger partial charge is 0.397 e. The number of benzene rings is 1. The number of hydrogen-bond acceptors (Lipinski definition) is 4. The number of ether oxygens (including phenoxy) is 2. The zero-order valence-electron chi connectivity index (χ0n) is 11.6. The van der Waals surface area contributed by atoms with Crippen LogP contribution in [0.25, 0.3) is 0 Å². The molecule has 5 heteroatoms. The first-order valence-corrected chi connectivity index (χ1v) is 7.09. The van der Waals surface area contributed by atoms with E-state index in [1.165, 1.54) is 0 Å². The molecule has 0 aliphatic carbocycles. The molecular formula is C15H22N2O3. The van der Waals surface area contributed by atoms with Gasteiger partial charge in [0.05, 0.1) is 17.5 Å². The molecule has 2 rings (SSSR count). The fraction of sp³-hybridized carbons (Fsp3) is 0.533. The van der Waals surface area contributed by atoms with Crippen molar-refractivity contribution in [2.24, 2.45) is 0 Å². The van der Waals surface area contributed by atoms with Crippen molar-refractivity contribution in [1.82, 2.24) is 0 Å². The maximum atomic E-state index is 11.8. The van der Waals surface area contributed by atoms with Gasteiger partial charge in [0.15, 0.2) is 0 Å². The Kier molecular flexibility index (Phi) is 5.83. The lowest BCUT2D eigenvalue weighted by molar-refractivity contribution is -0.116. The highest BCUT2D eigenvalue weighted by Gasteiger charge is 2.13. The Labute approximate surface area is 119 Å². The van der Waals surface area contributed by atoms with E-state index in [2.05, 4.69) is 5.32 Å². The third-order valence-corrected chi connectivity index (χ3v) is 3.30. The summed E-state index contributed by atoms with van der Waals surface area (Å²) in [5, 5.41) is 2.81. The van der Waals surface area contributed by atoms with Crippen molar-refractivity contribution in [3.63, 3.8) is 0 Å². The third-order valence-electron chi connectivity index (χ3n) is 3.30. The van der Waals surface area contributed by atoms with Gasteiger partial charge in [-0.3, -0.25) is 4.79 Å². The summed E-state index contributed by atoms with van der Waals surface area (Å²) in [6.07, 6.45) is 3.35. The number of hydrogen-bond donors (Lipinski definition) is 2. The Morgan fingerprint density at radius 2 is 2.10 bits per heavy atom. The molecule has 0 radical (unpaired) electrons. The van der Waals surface area contributed by atoms with Crippen molar-refractivity contribution in [2.45, 2.75) is 31.8 Å². The number of carbonyl (C=O) groups is 1. The normalized spacial score (nSPS) is 16.0.